The first kappa shape index (κ1) is 33.2. The summed E-state index contributed by atoms with van der Waals surface area (Å²) in [5.41, 5.74) is 0. The van der Waals surface area contributed by atoms with Crippen LogP contribution < -0.4 is 69.3 Å². The van der Waals surface area contributed by atoms with Crippen LogP contribution in [0, 0.1) is 0 Å². The van der Waals surface area contributed by atoms with Gasteiger partial charge in [-0.05, 0) is 0 Å². The summed E-state index contributed by atoms with van der Waals surface area (Å²) < 4.78 is 72.3. The monoisotopic (exact) mass is 330 g/mol. The molecule has 0 rings (SSSR count). The van der Waals surface area contributed by atoms with Crippen molar-refractivity contribution in [3.8, 4) is 0 Å². The molecule has 0 aliphatic rings. The first-order valence-corrected chi connectivity index (χ1v) is 2.95. The summed E-state index contributed by atoms with van der Waals surface area (Å²) in [5, 5.41) is 18.9. The summed E-state index contributed by atoms with van der Waals surface area (Å²) in [6, 6.07) is 0. The van der Waals surface area contributed by atoms with E-state index in [0.29, 0.717) is 0 Å². The Bertz CT molecular complexity index is 284. The topological polar surface area (TPSA) is 80.3 Å². The molecule has 0 N–H and O–H groups in total. The molecule has 14 heteroatoms. The molecule has 0 unspecified atom stereocenters. The molecular weight excluding hydrogens is 330 g/mol. The van der Waals surface area contributed by atoms with Gasteiger partial charge in [-0.25, -0.2) is 0 Å². The average Bonchev–Trinajstić information content (AvgIpc) is 2.02. The maximum absolute atomic E-state index is 12.1. The van der Waals surface area contributed by atoms with Crippen molar-refractivity contribution in [2.45, 2.75) is 17.8 Å². The zero-order valence-corrected chi connectivity index (χ0v) is 18.4. The molecule has 4 nitrogen and oxygen atoms in total. The molecule has 19 heavy (non-hydrogen) atoms. The van der Waals surface area contributed by atoms with Gasteiger partial charge in [0.25, 0.3) is 0 Å². The quantitative estimate of drug-likeness (QED) is 0.379. The molecule has 0 heterocycles. The molecule has 0 aliphatic carbocycles. The van der Waals surface area contributed by atoms with Crippen LogP contribution in [0.1, 0.15) is 0 Å². The summed E-state index contributed by atoms with van der Waals surface area (Å²) >= 11 is 0. The van der Waals surface area contributed by atoms with E-state index in [0.717, 1.165) is 0 Å². The van der Waals surface area contributed by atoms with Crippen molar-refractivity contribution in [1.82, 2.24) is 0 Å². The normalized spacial score (nSPS) is 10.8. The van der Waals surface area contributed by atoms with Gasteiger partial charge in [0, 0.05) is 59.1 Å². The molecule has 0 aliphatic heterocycles. The van der Waals surface area contributed by atoms with E-state index >= 15 is 0 Å². The zero-order chi connectivity index (χ0) is 12.7. The van der Waals surface area contributed by atoms with Crippen molar-refractivity contribution in [3.63, 3.8) is 0 Å². The molecule has 0 saturated heterocycles. The third-order valence-electron chi connectivity index (χ3n) is 1.30. The Morgan fingerprint density at radius 1 is 0.684 bits per heavy atom. The van der Waals surface area contributed by atoms with Gasteiger partial charge in [0.2, 0.25) is 0 Å². The van der Waals surface area contributed by atoms with Gasteiger partial charge >= 0.3 is 76.9 Å². The predicted octanol–water partition coefficient (Wildman–Crippen LogP) is -8.36. The summed E-state index contributed by atoms with van der Waals surface area (Å²) in [4.78, 5) is 18.9. The van der Waals surface area contributed by atoms with Crippen LogP contribution in [0.15, 0.2) is 0 Å². The fraction of sp³-hybridized carbons (Fsp3) is 0.600. The third kappa shape index (κ3) is 6.66. The van der Waals surface area contributed by atoms with Crippen LogP contribution in [0.4, 0.5) is 26.3 Å². The SMILES string of the molecule is O=C([O-])C(F)(F)C(F)(F)C(F)(F)C(=O)[O-].[Na+].[Na+].[Na].[Na]. The molecule has 0 aromatic carbocycles. The number of carbonyl (C=O) groups is 2. The number of carboxylic acids is 2. The minimum atomic E-state index is -6.66. The number of carboxylic acid groups (broad SMARTS) is 2. The van der Waals surface area contributed by atoms with Gasteiger partial charge in [0.15, 0.2) is 0 Å². The minimum absolute atomic E-state index is 0. The van der Waals surface area contributed by atoms with Gasteiger partial charge in [-0.15, -0.1) is 0 Å². The zero-order valence-electron chi connectivity index (χ0n) is 10.4. The van der Waals surface area contributed by atoms with Crippen LogP contribution in [0.25, 0.3) is 0 Å². The van der Waals surface area contributed by atoms with Crippen molar-refractivity contribution in [2.75, 3.05) is 0 Å². The Kier molecular flexibility index (Phi) is 19.4. The number of carbonyl (C=O) groups excluding carboxylic acids is 2. The van der Waals surface area contributed by atoms with Crippen LogP contribution >= 0.6 is 0 Å². The minimum Gasteiger partial charge on any atom is -0.544 e. The predicted molar refractivity (Wildman–Crippen MR) is 36.4 cm³/mol. The van der Waals surface area contributed by atoms with Crippen LogP contribution in [-0.4, -0.2) is 88.8 Å². The molecule has 0 aromatic heterocycles. The third-order valence-corrected chi connectivity index (χ3v) is 1.30. The smallest absolute Gasteiger partial charge is 0.544 e. The maximum atomic E-state index is 12.1. The van der Waals surface area contributed by atoms with Gasteiger partial charge < -0.3 is 19.8 Å². The molecule has 0 spiro atoms. The first-order valence-electron chi connectivity index (χ1n) is 2.95. The van der Waals surface area contributed by atoms with Crippen LogP contribution in [-0.2, 0) is 9.59 Å². The van der Waals surface area contributed by atoms with Crippen molar-refractivity contribution in [1.29, 1.82) is 0 Å². The number of hydrogen-bond donors (Lipinski definition) is 0. The van der Waals surface area contributed by atoms with Gasteiger partial charge in [-0.3, -0.25) is 0 Å². The van der Waals surface area contributed by atoms with Gasteiger partial charge in [-0.2, -0.15) is 26.3 Å². The Morgan fingerprint density at radius 3 is 0.947 bits per heavy atom. The molecule has 0 fully saturated rings. The summed E-state index contributed by atoms with van der Waals surface area (Å²) in [5.74, 6) is -27.0. The number of halogens is 6. The molecule has 2 radical (unpaired) electrons. The van der Waals surface area contributed by atoms with E-state index in [1.54, 1.807) is 0 Å². The van der Waals surface area contributed by atoms with Crippen LogP contribution in [0.5, 0.6) is 0 Å². The Hall–Kier alpha value is 2.52. The largest absolute Gasteiger partial charge is 1.00 e. The van der Waals surface area contributed by atoms with E-state index < -0.39 is 29.7 Å². The Balaban J connectivity index is -0.000000163. The molecule has 0 bridgehead atoms. The van der Waals surface area contributed by atoms with Crippen molar-refractivity contribution >= 4 is 71.1 Å². The second kappa shape index (κ2) is 11.1. The standard InChI is InChI=1S/C5H2F6O4.4Na/c6-3(7,1(12)13)5(10,11)4(8,9)2(14)15;;;;/h(H,12,13)(H,14,15);;;;/q;;;2*+1/p-2. The number of hydrogen-bond acceptors (Lipinski definition) is 4. The van der Waals surface area contributed by atoms with Crippen molar-refractivity contribution < 1.29 is 105 Å². The van der Waals surface area contributed by atoms with Gasteiger partial charge in [0.05, 0.1) is 0 Å². The fourth-order valence-corrected chi connectivity index (χ4v) is 0.454. The van der Waals surface area contributed by atoms with E-state index in [2.05, 4.69) is 0 Å². The molecule has 0 amide bonds. The summed E-state index contributed by atoms with van der Waals surface area (Å²) in [6.45, 7) is 0. The maximum Gasteiger partial charge on any atom is 1.00 e. The van der Waals surface area contributed by atoms with Crippen LogP contribution in [0.2, 0.25) is 0 Å². The van der Waals surface area contributed by atoms with E-state index in [1.807, 2.05) is 0 Å². The Morgan fingerprint density at radius 2 is 0.842 bits per heavy atom. The molecule has 0 atom stereocenters. The molecule has 0 aromatic rings. The van der Waals surface area contributed by atoms with E-state index in [4.69, 9.17) is 0 Å². The van der Waals surface area contributed by atoms with E-state index in [1.165, 1.54) is 0 Å². The summed E-state index contributed by atoms with van der Waals surface area (Å²) in [6.07, 6.45) is 0. The second-order valence-corrected chi connectivity index (χ2v) is 2.30. The number of rotatable bonds is 4. The average molecular weight is 330 g/mol. The van der Waals surface area contributed by atoms with Crippen LogP contribution in [0.3, 0.4) is 0 Å². The van der Waals surface area contributed by atoms with Gasteiger partial charge in [0.1, 0.15) is 11.9 Å². The van der Waals surface area contributed by atoms with E-state index in [9.17, 15) is 46.1 Å². The first-order chi connectivity index (χ1) is 6.39. The Labute approximate surface area is 191 Å². The second-order valence-electron chi connectivity index (χ2n) is 2.30. The number of aliphatic carboxylic acids is 2. The van der Waals surface area contributed by atoms with Crippen molar-refractivity contribution in [2.24, 2.45) is 0 Å². The molecular formula is C5F6Na4O4. The fourth-order valence-electron chi connectivity index (χ4n) is 0.454. The summed E-state index contributed by atoms with van der Waals surface area (Å²) in [7, 11) is 0. The molecule has 90 valence electrons. The number of alkyl halides is 6. The van der Waals surface area contributed by atoms with Gasteiger partial charge in [-0.1, -0.05) is 0 Å². The van der Waals surface area contributed by atoms with Crippen molar-refractivity contribution in [3.05, 3.63) is 0 Å². The molecule has 0 saturated carbocycles. The van der Waals surface area contributed by atoms with E-state index in [-0.39, 0.29) is 118 Å².